The Bertz CT molecular complexity index is 1320. The minimum absolute atomic E-state index is 0.0564. The fourth-order valence-electron chi connectivity index (χ4n) is 12.9. The van der Waals surface area contributed by atoms with E-state index in [0.717, 1.165) is 32.2 Å². The molecule has 0 amide bonds. The van der Waals surface area contributed by atoms with Crippen LogP contribution in [-0.2, 0) is 19.1 Å². The number of ether oxygens (including phenoxy) is 1. The molecule has 6 heteroatoms. The monoisotopic (exact) mass is 748 g/mol. The molecule has 5 saturated carbocycles. The molecule has 5 fully saturated rings. The molecule has 0 bridgehead atoms. The van der Waals surface area contributed by atoms with Gasteiger partial charge in [0.25, 0.3) is 0 Å². The highest BCUT2D eigenvalue weighted by Gasteiger charge is 2.64. The van der Waals surface area contributed by atoms with E-state index in [2.05, 4.69) is 78.8 Å². The predicted molar refractivity (Wildman–Crippen MR) is 223 cm³/mol. The Morgan fingerprint density at radius 1 is 0.870 bits per heavy atom. The van der Waals surface area contributed by atoms with Gasteiger partial charge in [-0.3, -0.25) is 14.4 Å². The standard InChI is InChI=1S/C40H63NO5.C2H6.C2H4.2C2H2/c1-24(2)35-31(42)23-40(20-21-41-27-10-8-7-9-11-27)19-15-30-28(36(35)40)12-13-33-38(5)18-16-32(46-34(43)22-25(3)37(44)45)26(4)29(38)14-17-39(30,33)6;4*1-2/h24-30,32-33,41H,7-23H2,1-6H3,(H,44,45);1-2H3;1-2H2;2*1-2H/t25?,26?,28?,29-,30?,32?,33?,38?,39?,40?;;;;/m0..../s1. The van der Waals surface area contributed by atoms with Crippen LogP contribution in [0, 0.1) is 83.4 Å². The van der Waals surface area contributed by atoms with E-state index in [1.807, 2.05) is 13.8 Å². The molecule has 9 unspecified atom stereocenters. The highest BCUT2D eigenvalue weighted by atomic mass is 16.5. The van der Waals surface area contributed by atoms with Crippen molar-refractivity contribution in [2.75, 3.05) is 6.54 Å². The summed E-state index contributed by atoms with van der Waals surface area (Å²) in [6.45, 7) is 24.6. The van der Waals surface area contributed by atoms with Crippen molar-refractivity contribution >= 4 is 17.7 Å². The number of Topliss-reactive ketones (excluding diaryl/α,β-unsaturated/α-hetero) is 1. The van der Waals surface area contributed by atoms with Gasteiger partial charge in [-0.25, -0.2) is 0 Å². The van der Waals surface area contributed by atoms with Gasteiger partial charge in [-0.2, -0.15) is 0 Å². The molecule has 0 heterocycles. The maximum Gasteiger partial charge on any atom is 0.306 e. The number of aliphatic carboxylic acids is 1. The molecular formula is C48H77NO5. The molecule has 6 aliphatic rings. The van der Waals surface area contributed by atoms with Gasteiger partial charge in [0.05, 0.1) is 12.3 Å². The number of carbonyl (C=O) groups is 3. The highest BCUT2D eigenvalue weighted by Crippen LogP contribution is 2.72. The third-order valence-corrected chi connectivity index (χ3v) is 15.1. The maximum atomic E-state index is 13.8. The molecule has 0 saturated heterocycles. The zero-order chi connectivity index (χ0) is 41.0. The first kappa shape index (κ1) is 47.3. The maximum absolute atomic E-state index is 13.8. The van der Waals surface area contributed by atoms with E-state index in [4.69, 9.17) is 4.74 Å². The lowest BCUT2D eigenvalue weighted by Crippen LogP contribution is -2.60. The number of carbonyl (C=O) groups excluding carboxylic acids is 2. The van der Waals surface area contributed by atoms with Gasteiger partial charge in [0, 0.05) is 17.9 Å². The molecule has 6 rings (SSSR count). The van der Waals surface area contributed by atoms with Crippen LogP contribution in [0.1, 0.15) is 158 Å². The second kappa shape index (κ2) is 20.9. The first-order valence-corrected chi connectivity index (χ1v) is 21.4. The van der Waals surface area contributed by atoms with Crippen LogP contribution in [0.4, 0.5) is 0 Å². The summed E-state index contributed by atoms with van der Waals surface area (Å²) in [5.74, 6) is 1.34. The van der Waals surface area contributed by atoms with E-state index in [1.54, 1.807) is 12.5 Å². The predicted octanol–water partition coefficient (Wildman–Crippen LogP) is 10.8. The Morgan fingerprint density at radius 3 is 2.04 bits per heavy atom. The Kier molecular flexibility index (Phi) is 18.3. The number of carboxylic acid groups (broad SMARTS) is 1. The second-order valence-corrected chi connectivity index (χ2v) is 17.8. The average molecular weight is 748 g/mol. The number of terminal acetylenes is 2. The van der Waals surface area contributed by atoms with Gasteiger partial charge in [-0.1, -0.05) is 80.2 Å². The number of nitrogens with one attached hydrogen (secondary N) is 1. The molecule has 0 aliphatic heterocycles. The van der Waals surface area contributed by atoms with Gasteiger partial charge >= 0.3 is 11.9 Å². The summed E-state index contributed by atoms with van der Waals surface area (Å²) >= 11 is 0. The van der Waals surface area contributed by atoms with Crippen LogP contribution in [-0.4, -0.2) is 41.5 Å². The van der Waals surface area contributed by atoms with E-state index in [-0.39, 0.29) is 40.7 Å². The Labute approximate surface area is 330 Å². The number of hydrogen-bond donors (Lipinski definition) is 2. The number of rotatable bonds is 9. The minimum Gasteiger partial charge on any atom is -0.481 e. The second-order valence-electron chi connectivity index (χ2n) is 17.8. The first-order chi connectivity index (χ1) is 25.8. The summed E-state index contributed by atoms with van der Waals surface area (Å²) in [6.07, 6.45) is 33.6. The van der Waals surface area contributed by atoms with Crippen molar-refractivity contribution in [3.63, 3.8) is 0 Å². The first-order valence-electron chi connectivity index (χ1n) is 21.4. The summed E-state index contributed by atoms with van der Waals surface area (Å²) in [6, 6.07) is 0.662. The molecule has 0 aromatic heterocycles. The molecule has 0 aromatic rings. The van der Waals surface area contributed by atoms with Crippen molar-refractivity contribution in [3.05, 3.63) is 24.3 Å². The van der Waals surface area contributed by atoms with Crippen molar-refractivity contribution < 1.29 is 24.2 Å². The van der Waals surface area contributed by atoms with E-state index in [1.165, 1.54) is 76.2 Å². The van der Waals surface area contributed by atoms with Gasteiger partial charge in [-0.05, 0) is 129 Å². The quantitative estimate of drug-likeness (QED) is 0.139. The Hall–Kier alpha value is -2.83. The van der Waals surface area contributed by atoms with Gasteiger partial charge in [0.2, 0.25) is 0 Å². The molecule has 6 nitrogen and oxygen atoms in total. The number of fused-ring (bicyclic) bond motifs is 7. The molecule has 54 heavy (non-hydrogen) atoms. The van der Waals surface area contributed by atoms with Crippen LogP contribution in [0.25, 0.3) is 0 Å². The van der Waals surface area contributed by atoms with Crippen molar-refractivity contribution in [2.24, 2.45) is 57.7 Å². The fraction of sp³-hybridized carbons (Fsp3) is 0.771. The lowest BCUT2D eigenvalue weighted by atomic mass is 9.38. The largest absolute Gasteiger partial charge is 0.481 e. The van der Waals surface area contributed by atoms with Crippen molar-refractivity contribution in [3.8, 4) is 25.7 Å². The lowest BCUT2D eigenvalue weighted by Gasteiger charge is -2.67. The molecule has 0 aromatic carbocycles. The smallest absolute Gasteiger partial charge is 0.306 e. The van der Waals surface area contributed by atoms with Crippen LogP contribution in [0.2, 0.25) is 0 Å². The van der Waals surface area contributed by atoms with Crippen molar-refractivity contribution in [1.82, 2.24) is 5.32 Å². The number of hydrogen-bond acceptors (Lipinski definition) is 5. The Morgan fingerprint density at radius 2 is 1.44 bits per heavy atom. The lowest BCUT2D eigenvalue weighted by molar-refractivity contribution is -0.191. The third kappa shape index (κ3) is 9.40. The summed E-state index contributed by atoms with van der Waals surface area (Å²) in [5.41, 5.74) is 3.37. The number of ketones is 1. The summed E-state index contributed by atoms with van der Waals surface area (Å²) in [4.78, 5) is 37.8. The van der Waals surface area contributed by atoms with Gasteiger partial charge < -0.3 is 15.2 Å². The van der Waals surface area contributed by atoms with Gasteiger partial charge in [0.15, 0.2) is 5.78 Å². The summed E-state index contributed by atoms with van der Waals surface area (Å²) < 4.78 is 5.99. The normalized spacial score (nSPS) is 35.8. The summed E-state index contributed by atoms with van der Waals surface area (Å²) in [5, 5.41) is 13.2. The molecular weight excluding hydrogens is 671 g/mol. The molecule has 2 N–H and O–H groups in total. The van der Waals surface area contributed by atoms with Gasteiger partial charge in [0.1, 0.15) is 6.10 Å². The van der Waals surface area contributed by atoms with E-state index < -0.39 is 11.9 Å². The molecule has 0 radical (unpaired) electrons. The minimum atomic E-state index is -0.947. The highest BCUT2D eigenvalue weighted by molar-refractivity contribution is 6.00. The SMILES string of the molecule is C#C.C#C.C=C.CC.CC(C)C1=C2C3CCC4C(C)(CC[C@H]5C(C)C(OC(=O)CC(C)C(=O)O)CCC45C)C3CCC2(CCNC2CCCCC2)CC1=O. The van der Waals surface area contributed by atoms with Crippen LogP contribution in [0.3, 0.4) is 0 Å². The van der Waals surface area contributed by atoms with Crippen LogP contribution < -0.4 is 5.32 Å². The van der Waals surface area contributed by atoms with Crippen molar-refractivity contribution in [2.45, 2.75) is 170 Å². The number of esters is 1. The third-order valence-electron chi connectivity index (χ3n) is 15.1. The number of carboxylic acids is 1. The summed E-state index contributed by atoms with van der Waals surface area (Å²) in [7, 11) is 0. The van der Waals surface area contributed by atoms with E-state index >= 15 is 0 Å². The molecule has 304 valence electrons. The van der Waals surface area contributed by atoms with Crippen LogP contribution >= 0.6 is 0 Å². The average Bonchev–Trinajstić information content (AvgIpc) is 3.48. The fourth-order valence-corrected chi connectivity index (χ4v) is 12.9. The van der Waals surface area contributed by atoms with E-state index in [0.29, 0.717) is 41.4 Å². The van der Waals surface area contributed by atoms with E-state index in [9.17, 15) is 19.5 Å². The molecule has 10 atom stereocenters. The topological polar surface area (TPSA) is 92.7 Å². The zero-order valence-electron chi connectivity index (χ0n) is 35.5. The van der Waals surface area contributed by atoms with Crippen LogP contribution in [0.15, 0.2) is 24.3 Å². The molecule has 6 aliphatic carbocycles. The van der Waals surface area contributed by atoms with Gasteiger partial charge in [-0.15, -0.1) is 38.9 Å². The Balaban J connectivity index is 0.00000118. The van der Waals surface area contributed by atoms with Crippen molar-refractivity contribution in [1.29, 1.82) is 0 Å². The van der Waals surface area contributed by atoms with Crippen LogP contribution in [0.5, 0.6) is 0 Å². The number of allylic oxidation sites excluding steroid dienone is 2. The molecule has 0 spiro atoms. The zero-order valence-corrected chi connectivity index (χ0v) is 35.5.